The number of aryl methyl sites for hydroxylation is 1. The van der Waals surface area contributed by atoms with Crippen LogP contribution in [0.2, 0.25) is 0 Å². The topological polar surface area (TPSA) is 65.2 Å². The van der Waals surface area contributed by atoms with E-state index >= 15 is 0 Å². The van der Waals surface area contributed by atoms with Crippen LogP contribution in [-0.2, 0) is 0 Å². The van der Waals surface area contributed by atoms with Gasteiger partial charge >= 0.3 is 0 Å². The van der Waals surface area contributed by atoms with E-state index in [9.17, 15) is 10.2 Å². The molecule has 0 aliphatic carbocycles. The molecule has 3 aromatic carbocycles. The van der Waals surface area contributed by atoms with Crippen molar-refractivity contribution in [2.75, 3.05) is 0 Å². The Labute approximate surface area is 140 Å². The van der Waals surface area contributed by atoms with Crippen molar-refractivity contribution in [3.05, 3.63) is 71.8 Å². The second-order valence-corrected chi connectivity index (χ2v) is 5.62. The first-order valence-corrected chi connectivity index (χ1v) is 7.66. The zero-order chi connectivity index (χ0) is 17.1. The third-order valence-corrected chi connectivity index (χ3v) is 3.92. The summed E-state index contributed by atoms with van der Waals surface area (Å²) in [5.74, 6) is 0.123. The standard InChI is InChI=1S/C20H18N2O2/c1-13-12-18(24)20(22-21-16-10-6-7-11-17(16)23)14(2)19(13)15-8-4-3-5-9-15/h3-12,23-24H,1-2H3. The Morgan fingerprint density at radius 3 is 2.12 bits per heavy atom. The number of para-hydroxylation sites is 1. The molecule has 2 N–H and O–H groups in total. The number of aromatic hydroxyl groups is 2. The summed E-state index contributed by atoms with van der Waals surface area (Å²) in [5, 5.41) is 28.3. The zero-order valence-electron chi connectivity index (χ0n) is 13.6. The van der Waals surface area contributed by atoms with Gasteiger partial charge in [-0.15, -0.1) is 10.2 Å². The Kier molecular flexibility index (Phi) is 4.29. The van der Waals surface area contributed by atoms with Crippen LogP contribution >= 0.6 is 0 Å². The van der Waals surface area contributed by atoms with Crippen LogP contribution in [0.1, 0.15) is 11.1 Å². The molecular weight excluding hydrogens is 300 g/mol. The summed E-state index contributed by atoms with van der Waals surface area (Å²) < 4.78 is 0. The highest BCUT2D eigenvalue weighted by atomic mass is 16.3. The molecule has 3 aromatic rings. The molecule has 0 aromatic heterocycles. The third kappa shape index (κ3) is 2.99. The van der Waals surface area contributed by atoms with Crippen molar-refractivity contribution in [2.24, 2.45) is 10.2 Å². The lowest BCUT2D eigenvalue weighted by Gasteiger charge is -2.13. The SMILES string of the molecule is Cc1cc(O)c(N=Nc2ccccc2O)c(C)c1-c1ccccc1. The fraction of sp³-hybridized carbons (Fsp3) is 0.100. The van der Waals surface area contributed by atoms with Gasteiger partial charge in [0.1, 0.15) is 22.9 Å². The van der Waals surface area contributed by atoms with Gasteiger partial charge in [-0.25, -0.2) is 0 Å². The Balaban J connectivity index is 2.11. The molecule has 0 atom stereocenters. The molecule has 0 spiro atoms. The quantitative estimate of drug-likeness (QED) is 0.600. The summed E-state index contributed by atoms with van der Waals surface area (Å²) in [6.45, 7) is 3.87. The van der Waals surface area contributed by atoms with E-state index in [2.05, 4.69) is 10.2 Å². The lowest BCUT2D eigenvalue weighted by atomic mass is 9.94. The zero-order valence-corrected chi connectivity index (χ0v) is 13.6. The molecule has 4 nitrogen and oxygen atoms in total. The molecule has 0 unspecified atom stereocenters. The Morgan fingerprint density at radius 1 is 0.750 bits per heavy atom. The predicted molar refractivity (Wildman–Crippen MR) is 95.3 cm³/mol. The van der Waals surface area contributed by atoms with Gasteiger partial charge in [0.25, 0.3) is 0 Å². The van der Waals surface area contributed by atoms with Crippen LogP contribution in [0, 0.1) is 13.8 Å². The molecule has 0 aliphatic rings. The molecule has 24 heavy (non-hydrogen) atoms. The molecule has 0 bridgehead atoms. The van der Waals surface area contributed by atoms with Crippen molar-refractivity contribution in [2.45, 2.75) is 13.8 Å². The molecular formula is C20H18N2O2. The van der Waals surface area contributed by atoms with Gasteiger partial charge in [-0.05, 0) is 54.3 Å². The minimum absolute atomic E-state index is 0.0498. The van der Waals surface area contributed by atoms with E-state index < -0.39 is 0 Å². The maximum atomic E-state index is 10.3. The highest BCUT2D eigenvalue weighted by molar-refractivity contribution is 5.78. The van der Waals surface area contributed by atoms with E-state index in [1.54, 1.807) is 30.3 Å². The summed E-state index contributed by atoms with van der Waals surface area (Å²) in [6, 6.07) is 18.4. The van der Waals surface area contributed by atoms with Crippen LogP contribution in [-0.4, -0.2) is 10.2 Å². The van der Waals surface area contributed by atoms with Crippen molar-refractivity contribution in [1.82, 2.24) is 0 Å². The van der Waals surface area contributed by atoms with Gasteiger partial charge in [-0.1, -0.05) is 42.5 Å². The van der Waals surface area contributed by atoms with E-state index in [1.807, 2.05) is 44.2 Å². The highest BCUT2D eigenvalue weighted by Crippen LogP contribution is 2.40. The fourth-order valence-electron chi connectivity index (χ4n) is 2.78. The van der Waals surface area contributed by atoms with E-state index in [1.165, 1.54) is 0 Å². The van der Waals surface area contributed by atoms with E-state index in [-0.39, 0.29) is 11.5 Å². The van der Waals surface area contributed by atoms with Gasteiger partial charge in [0.15, 0.2) is 0 Å². The van der Waals surface area contributed by atoms with E-state index in [0.717, 1.165) is 22.3 Å². The van der Waals surface area contributed by atoms with Gasteiger partial charge in [0, 0.05) is 0 Å². The molecule has 120 valence electrons. The first-order chi connectivity index (χ1) is 11.6. The molecule has 3 rings (SSSR count). The van der Waals surface area contributed by atoms with Gasteiger partial charge in [0.2, 0.25) is 0 Å². The van der Waals surface area contributed by atoms with E-state index in [4.69, 9.17) is 0 Å². The highest BCUT2D eigenvalue weighted by Gasteiger charge is 2.14. The summed E-state index contributed by atoms with van der Waals surface area (Å²) in [6.07, 6.45) is 0. The van der Waals surface area contributed by atoms with Crippen molar-refractivity contribution >= 4 is 11.4 Å². The number of phenols is 2. The first-order valence-electron chi connectivity index (χ1n) is 7.66. The third-order valence-electron chi connectivity index (χ3n) is 3.92. The van der Waals surface area contributed by atoms with Crippen molar-refractivity contribution < 1.29 is 10.2 Å². The lowest BCUT2D eigenvalue weighted by molar-refractivity contribution is 0.473. The second kappa shape index (κ2) is 6.54. The molecule has 0 radical (unpaired) electrons. The molecule has 0 saturated carbocycles. The number of hydrogen-bond acceptors (Lipinski definition) is 4. The van der Waals surface area contributed by atoms with Gasteiger partial charge < -0.3 is 10.2 Å². The Hall–Kier alpha value is -3.14. The van der Waals surface area contributed by atoms with Crippen LogP contribution in [0.3, 0.4) is 0 Å². The molecule has 0 fully saturated rings. The first kappa shape index (κ1) is 15.7. The normalized spacial score (nSPS) is 11.1. The van der Waals surface area contributed by atoms with E-state index in [0.29, 0.717) is 11.4 Å². The molecule has 0 heterocycles. The van der Waals surface area contributed by atoms with Gasteiger partial charge in [0.05, 0.1) is 0 Å². The van der Waals surface area contributed by atoms with Crippen molar-refractivity contribution in [3.63, 3.8) is 0 Å². The van der Waals surface area contributed by atoms with Gasteiger partial charge in [-0.3, -0.25) is 0 Å². The molecule has 0 aliphatic heterocycles. The van der Waals surface area contributed by atoms with Crippen molar-refractivity contribution in [1.29, 1.82) is 0 Å². The monoisotopic (exact) mass is 318 g/mol. The number of nitrogens with zero attached hydrogens (tertiary/aromatic N) is 2. The fourth-order valence-corrected chi connectivity index (χ4v) is 2.78. The van der Waals surface area contributed by atoms with Crippen LogP contribution in [0.4, 0.5) is 11.4 Å². The van der Waals surface area contributed by atoms with Crippen LogP contribution < -0.4 is 0 Å². The Morgan fingerprint density at radius 2 is 1.42 bits per heavy atom. The average molecular weight is 318 g/mol. The maximum Gasteiger partial charge on any atom is 0.143 e. The summed E-state index contributed by atoms with van der Waals surface area (Å²) >= 11 is 0. The number of rotatable bonds is 3. The lowest BCUT2D eigenvalue weighted by Crippen LogP contribution is -1.89. The average Bonchev–Trinajstić information content (AvgIpc) is 2.57. The van der Waals surface area contributed by atoms with Crippen LogP contribution in [0.5, 0.6) is 11.5 Å². The summed E-state index contributed by atoms with van der Waals surface area (Å²) in [4.78, 5) is 0. The maximum absolute atomic E-state index is 10.3. The Bertz CT molecular complexity index is 903. The number of benzene rings is 3. The van der Waals surface area contributed by atoms with Gasteiger partial charge in [-0.2, -0.15) is 0 Å². The van der Waals surface area contributed by atoms with Crippen LogP contribution in [0.15, 0.2) is 70.9 Å². The second-order valence-electron chi connectivity index (χ2n) is 5.62. The molecule has 0 saturated heterocycles. The minimum Gasteiger partial charge on any atom is -0.506 e. The largest absolute Gasteiger partial charge is 0.506 e. The molecule has 0 amide bonds. The molecule has 4 heteroatoms. The van der Waals surface area contributed by atoms with Crippen LogP contribution in [0.25, 0.3) is 11.1 Å². The number of hydrogen-bond donors (Lipinski definition) is 2. The predicted octanol–water partition coefficient (Wildman–Crippen LogP) is 5.80. The number of azo groups is 1. The summed E-state index contributed by atoms with van der Waals surface area (Å²) in [5.41, 5.74) is 4.67. The minimum atomic E-state index is 0.0498. The smallest absolute Gasteiger partial charge is 0.143 e. The van der Waals surface area contributed by atoms with Crippen molar-refractivity contribution in [3.8, 4) is 22.6 Å². The number of phenolic OH excluding ortho intramolecular Hbond substituents is 2. The summed E-state index contributed by atoms with van der Waals surface area (Å²) in [7, 11) is 0.